The van der Waals surface area contributed by atoms with Crippen LogP contribution in [0.4, 0.5) is 0 Å². The Balaban J connectivity index is 2.36. The molecule has 0 aliphatic carbocycles. The van der Waals surface area contributed by atoms with Crippen molar-refractivity contribution in [2.45, 2.75) is 26.2 Å². The Hall–Kier alpha value is -2.99. The quantitative estimate of drug-likeness (QED) is 0.628. The molecule has 0 N–H and O–H groups in total. The molecule has 0 spiro atoms. The van der Waals surface area contributed by atoms with Crippen LogP contribution in [0.15, 0.2) is 18.3 Å². The zero-order valence-electron chi connectivity index (χ0n) is 11.9. The van der Waals surface area contributed by atoms with E-state index in [2.05, 4.69) is 35.7 Å². The molecular weight excluding hydrogens is 264 g/mol. The Morgan fingerprint density at radius 1 is 1.05 bits per heavy atom. The van der Waals surface area contributed by atoms with Gasteiger partial charge in [0.1, 0.15) is 17.8 Å². The van der Waals surface area contributed by atoms with Crippen molar-refractivity contribution in [3.05, 3.63) is 35.3 Å². The molecular formula is C15H12N6. The number of fused-ring (bicyclic) bond motifs is 3. The minimum Gasteiger partial charge on any atom is -0.283 e. The van der Waals surface area contributed by atoms with Crippen LogP contribution in [0, 0.1) is 22.7 Å². The summed E-state index contributed by atoms with van der Waals surface area (Å²) in [4.78, 5) is 12.7. The van der Waals surface area contributed by atoms with E-state index in [-0.39, 0.29) is 16.8 Å². The van der Waals surface area contributed by atoms with E-state index < -0.39 is 0 Å². The smallest absolute Gasteiger partial charge is 0.199 e. The Morgan fingerprint density at radius 3 is 2.33 bits per heavy atom. The molecule has 0 atom stereocenters. The number of nitriles is 2. The third kappa shape index (κ3) is 1.98. The summed E-state index contributed by atoms with van der Waals surface area (Å²) in [5, 5.41) is 18.0. The molecule has 3 rings (SSSR count). The van der Waals surface area contributed by atoms with E-state index in [1.807, 2.05) is 30.5 Å². The number of imidazole rings is 1. The third-order valence-corrected chi connectivity index (χ3v) is 3.32. The average molecular weight is 276 g/mol. The summed E-state index contributed by atoms with van der Waals surface area (Å²) in [6.07, 6.45) is 1.87. The lowest BCUT2D eigenvalue weighted by Crippen LogP contribution is -2.11. The molecule has 0 amide bonds. The van der Waals surface area contributed by atoms with Crippen LogP contribution in [0.25, 0.3) is 16.9 Å². The van der Waals surface area contributed by atoms with E-state index >= 15 is 0 Å². The summed E-state index contributed by atoms with van der Waals surface area (Å²) < 4.78 is 1.78. The van der Waals surface area contributed by atoms with Crippen molar-refractivity contribution in [1.29, 1.82) is 10.5 Å². The van der Waals surface area contributed by atoms with E-state index in [0.717, 1.165) is 5.56 Å². The molecule has 0 fully saturated rings. The first-order valence-electron chi connectivity index (χ1n) is 6.44. The molecule has 3 heterocycles. The molecule has 0 aliphatic rings. The highest BCUT2D eigenvalue weighted by Crippen LogP contribution is 2.24. The number of nitrogens with zero attached hydrogens (tertiary/aromatic N) is 6. The molecule has 0 bridgehead atoms. The second kappa shape index (κ2) is 4.26. The minimum atomic E-state index is 0.00412. The fraction of sp³-hybridized carbons (Fsp3) is 0.267. The number of rotatable bonds is 0. The molecule has 0 aliphatic heterocycles. The van der Waals surface area contributed by atoms with Gasteiger partial charge in [-0.15, -0.1) is 0 Å². The van der Waals surface area contributed by atoms with Crippen molar-refractivity contribution in [3.63, 3.8) is 0 Å². The van der Waals surface area contributed by atoms with Gasteiger partial charge in [-0.1, -0.05) is 20.8 Å². The minimum absolute atomic E-state index is 0.00412. The molecule has 0 radical (unpaired) electrons. The fourth-order valence-electron chi connectivity index (χ4n) is 2.14. The zero-order chi connectivity index (χ0) is 15.2. The SMILES string of the molecule is CC(C)(C)c1ccn2c(c1)nc1nc(C#N)c(C#N)nc12. The summed E-state index contributed by atoms with van der Waals surface area (Å²) >= 11 is 0. The summed E-state index contributed by atoms with van der Waals surface area (Å²) in [5.41, 5.74) is 2.74. The topological polar surface area (TPSA) is 90.7 Å². The monoisotopic (exact) mass is 276 g/mol. The number of hydrogen-bond acceptors (Lipinski definition) is 5. The molecule has 3 aromatic rings. The highest BCUT2D eigenvalue weighted by molar-refractivity contribution is 5.74. The van der Waals surface area contributed by atoms with Gasteiger partial charge in [-0.05, 0) is 23.1 Å². The molecule has 21 heavy (non-hydrogen) atoms. The van der Waals surface area contributed by atoms with Crippen LogP contribution in [0.5, 0.6) is 0 Å². The number of hydrogen-bond donors (Lipinski definition) is 0. The Bertz CT molecular complexity index is 947. The highest BCUT2D eigenvalue weighted by atomic mass is 15.1. The molecule has 0 unspecified atom stereocenters. The van der Waals surface area contributed by atoms with E-state index in [4.69, 9.17) is 10.5 Å². The summed E-state index contributed by atoms with van der Waals surface area (Å²) in [6.45, 7) is 6.37. The van der Waals surface area contributed by atoms with Crippen molar-refractivity contribution in [2.24, 2.45) is 0 Å². The van der Waals surface area contributed by atoms with Gasteiger partial charge in [-0.25, -0.2) is 15.0 Å². The van der Waals surface area contributed by atoms with Crippen molar-refractivity contribution in [3.8, 4) is 12.1 Å². The van der Waals surface area contributed by atoms with Gasteiger partial charge < -0.3 is 0 Å². The summed E-state index contributed by atoms with van der Waals surface area (Å²) in [7, 11) is 0. The van der Waals surface area contributed by atoms with Gasteiger partial charge in [0.2, 0.25) is 0 Å². The maximum absolute atomic E-state index is 9.04. The second-order valence-corrected chi connectivity index (χ2v) is 5.80. The second-order valence-electron chi connectivity index (χ2n) is 5.80. The lowest BCUT2D eigenvalue weighted by molar-refractivity contribution is 0.589. The van der Waals surface area contributed by atoms with Gasteiger partial charge in [0.25, 0.3) is 0 Å². The lowest BCUT2D eigenvalue weighted by Gasteiger charge is -2.18. The molecule has 0 saturated heterocycles. The van der Waals surface area contributed by atoms with Crippen molar-refractivity contribution >= 4 is 16.9 Å². The first-order valence-corrected chi connectivity index (χ1v) is 6.44. The first-order chi connectivity index (χ1) is 9.94. The van der Waals surface area contributed by atoms with Crippen LogP contribution in [0.2, 0.25) is 0 Å². The zero-order valence-corrected chi connectivity index (χ0v) is 11.9. The van der Waals surface area contributed by atoms with Gasteiger partial charge in [0.05, 0.1) is 0 Å². The molecule has 0 aromatic carbocycles. The Morgan fingerprint density at radius 2 is 1.71 bits per heavy atom. The third-order valence-electron chi connectivity index (χ3n) is 3.32. The van der Waals surface area contributed by atoms with Gasteiger partial charge in [0, 0.05) is 6.20 Å². The normalized spacial score (nSPS) is 11.5. The predicted octanol–water partition coefficient (Wildman–Crippen LogP) is 2.32. The van der Waals surface area contributed by atoms with Crippen LogP contribution < -0.4 is 0 Å². The summed E-state index contributed by atoms with van der Waals surface area (Å²) in [6, 6.07) is 7.74. The standard InChI is InChI=1S/C15H12N6/c1-15(2,3)9-4-5-21-12(6-9)20-13-14(21)19-11(8-17)10(7-16)18-13/h4-6H,1-3H3. The van der Waals surface area contributed by atoms with E-state index in [1.165, 1.54) is 0 Å². The molecule has 3 aromatic heterocycles. The van der Waals surface area contributed by atoms with Gasteiger partial charge in [-0.2, -0.15) is 10.5 Å². The fourth-order valence-corrected chi connectivity index (χ4v) is 2.14. The highest BCUT2D eigenvalue weighted by Gasteiger charge is 2.17. The van der Waals surface area contributed by atoms with E-state index in [9.17, 15) is 0 Å². The molecule has 6 heteroatoms. The first kappa shape index (κ1) is 13.0. The van der Waals surface area contributed by atoms with Crippen LogP contribution in [0.3, 0.4) is 0 Å². The van der Waals surface area contributed by atoms with Crippen LogP contribution in [-0.4, -0.2) is 19.4 Å². The lowest BCUT2D eigenvalue weighted by atomic mass is 9.88. The van der Waals surface area contributed by atoms with Crippen molar-refractivity contribution in [2.75, 3.05) is 0 Å². The number of aromatic nitrogens is 4. The van der Waals surface area contributed by atoms with Crippen LogP contribution >= 0.6 is 0 Å². The van der Waals surface area contributed by atoms with Gasteiger partial charge >= 0.3 is 0 Å². The van der Waals surface area contributed by atoms with E-state index in [0.29, 0.717) is 16.9 Å². The van der Waals surface area contributed by atoms with Crippen LogP contribution in [-0.2, 0) is 5.41 Å². The molecule has 102 valence electrons. The maximum Gasteiger partial charge on any atom is 0.199 e. The Labute approximate surface area is 121 Å². The molecule has 0 saturated carbocycles. The number of pyridine rings is 1. The average Bonchev–Trinajstić information content (AvgIpc) is 2.81. The predicted molar refractivity (Wildman–Crippen MR) is 76.4 cm³/mol. The van der Waals surface area contributed by atoms with Crippen LogP contribution in [0.1, 0.15) is 37.7 Å². The Kier molecular flexibility index (Phi) is 2.64. The maximum atomic E-state index is 9.04. The van der Waals surface area contributed by atoms with E-state index in [1.54, 1.807) is 4.40 Å². The van der Waals surface area contributed by atoms with Gasteiger partial charge in [0.15, 0.2) is 22.7 Å². The summed E-state index contributed by atoms with van der Waals surface area (Å²) in [5.74, 6) is 0. The van der Waals surface area contributed by atoms with Gasteiger partial charge in [-0.3, -0.25) is 4.40 Å². The van der Waals surface area contributed by atoms with Crippen molar-refractivity contribution < 1.29 is 0 Å². The van der Waals surface area contributed by atoms with Crippen molar-refractivity contribution in [1.82, 2.24) is 19.4 Å². The molecule has 6 nitrogen and oxygen atoms in total. The largest absolute Gasteiger partial charge is 0.283 e.